The molecule has 1 N–H and O–H groups in total. The summed E-state index contributed by atoms with van der Waals surface area (Å²) in [5.41, 5.74) is 1.81. The standard InChI is InChI=1S/C18H28N2S/c1-11-12(2)21-17(20-11)7-16(19-3)18-8-13-4-14(9-18)6-15(5-13)10-18/h13-16,19H,4-10H2,1-3H3. The molecule has 2 nitrogen and oxygen atoms in total. The Morgan fingerprint density at radius 3 is 2.14 bits per heavy atom. The SMILES string of the molecule is CNC(Cc1nc(C)c(C)s1)C12CC3CC(CC(C3)C1)C2. The molecule has 1 heterocycles. The summed E-state index contributed by atoms with van der Waals surface area (Å²) in [6, 6.07) is 0.635. The fourth-order valence-corrected chi connectivity index (χ4v) is 7.01. The van der Waals surface area contributed by atoms with Gasteiger partial charge in [0.1, 0.15) is 0 Å². The number of hydrogen-bond donors (Lipinski definition) is 1. The molecule has 1 aromatic heterocycles. The summed E-state index contributed by atoms with van der Waals surface area (Å²) in [5.74, 6) is 3.10. The molecule has 4 aliphatic carbocycles. The highest BCUT2D eigenvalue weighted by atomic mass is 32.1. The van der Waals surface area contributed by atoms with Crippen molar-refractivity contribution >= 4 is 11.3 Å². The van der Waals surface area contributed by atoms with Gasteiger partial charge in [0.05, 0.1) is 10.7 Å². The molecule has 1 atom stereocenters. The molecule has 116 valence electrons. The summed E-state index contributed by atoms with van der Waals surface area (Å²) in [4.78, 5) is 6.20. The largest absolute Gasteiger partial charge is 0.316 e. The van der Waals surface area contributed by atoms with Crippen LogP contribution < -0.4 is 5.32 Å². The van der Waals surface area contributed by atoms with Crippen molar-refractivity contribution in [2.24, 2.45) is 23.2 Å². The van der Waals surface area contributed by atoms with E-state index in [1.54, 1.807) is 0 Å². The highest BCUT2D eigenvalue weighted by Gasteiger charge is 2.53. The lowest BCUT2D eigenvalue weighted by atomic mass is 9.47. The Bertz CT molecular complexity index is 479. The molecule has 0 aromatic carbocycles. The third kappa shape index (κ3) is 2.37. The molecule has 0 saturated heterocycles. The van der Waals surface area contributed by atoms with Crippen LogP contribution in [-0.2, 0) is 6.42 Å². The third-order valence-electron chi connectivity index (χ3n) is 6.62. The molecule has 1 unspecified atom stereocenters. The molecule has 4 aliphatic rings. The second kappa shape index (κ2) is 5.06. The molecule has 3 heteroatoms. The summed E-state index contributed by atoms with van der Waals surface area (Å²) in [6.45, 7) is 4.35. The van der Waals surface area contributed by atoms with Gasteiger partial charge in [-0.15, -0.1) is 11.3 Å². The van der Waals surface area contributed by atoms with Crippen LogP contribution in [0.1, 0.15) is 54.1 Å². The summed E-state index contributed by atoms with van der Waals surface area (Å²) >= 11 is 1.91. The zero-order valence-corrected chi connectivity index (χ0v) is 14.4. The Hall–Kier alpha value is -0.410. The van der Waals surface area contributed by atoms with Gasteiger partial charge in [0.2, 0.25) is 0 Å². The number of rotatable bonds is 4. The first-order valence-electron chi connectivity index (χ1n) is 8.68. The second-order valence-corrected chi connectivity index (χ2v) is 9.36. The van der Waals surface area contributed by atoms with E-state index in [1.807, 2.05) is 11.3 Å². The number of nitrogens with one attached hydrogen (secondary N) is 1. The Balaban J connectivity index is 1.57. The summed E-state index contributed by atoms with van der Waals surface area (Å²) < 4.78 is 0. The van der Waals surface area contributed by atoms with Crippen molar-refractivity contribution in [1.29, 1.82) is 0 Å². The summed E-state index contributed by atoms with van der Waals surface area (Å²) in [6.07, 6.45) is 10.2. The van der Waals surface area contributed by atoms with Crippen molar-refractivity contribution in [3.8, 4) is 0 Å². The maximum Gasteiger partial charge on any atom is 0.0946 e. The van der Waals surface area contributed by atoms with E-state index in [1.165, 1.54) is 54.1 Å². The maximum atomic E-state index is 4.80. The van der Waals surface area contributed by atoms with Crippen LogP contribution in [0.25, 0.3) is 0 Å². The number of thiazole rings is 1. The van der Waals surface area contributed by atoms with Crippen molar-refractivity contribution < 1.29 is 0 Å². The monoisotopic (exact) mass is 304 g/mol. The lowest BCUT2D eigenvalue weighted by molar-refractivity contribution is -0.0724. The van der Waals surface area contributed by atoms with Crippen LogP contribution in [-0.4, -0.2) is 18.1 Å². The van der Waals surface area contributed by atoms with Crippen LogP contribution in [0.2, 0.25) is 0 Å². The molecule has 4 bridgehead atoms. The van der Waals surface area contributed by atoms with Gasteiger partial charge in [0.25, 0.3) is 0 Å². The Labute approximate surface area is 132 Å². The minimum absolute atomic E-state index is 0.580. The van der Waals surface area contributed by atoms with Gasteiger partial charge in [-0.2, -0.15) is 0 Å². The van der Waals surface area contributed by atoms with Crippen LogP contribution >= 0.6 is 11.3 Å². The van der Waals surface area contributed by atoms with Gasteiger partial charge in [-0.3, -0.25) is 0 Å². The van der Waals surface area contributed by atoms with E-state index in [9.17, 15) is 0 Å². The maximum absolute atomic E-state index is 4.80. The average molecular weight is 305 g/mol. The zero-order valence-electron chi connectivity index (χ0n) is 13.6. The fourth-order valence-electron chi connectivity index (χ4n) is 6.03. The first-order valence-corrected chi connectivity index (χ1v) is 9.50. The lowest BCUT2D eigenvalue weighted by Crippen LogP contribution is -2.56. The number of hydrogen-bond acceptors (Lipinski definition) is 3. The number of nitrogens with zero attached hydrogens (tertiary/aromatic N) is 1. The molecular formula is C18H28N2S. The molecule has 4 fully saturated rings. The molecule has 21 heavy (non-hydrogen) atoms. The van der Waals surface area contributed by atoms with Gasteiger partial charge >= 0.3 is 0 Å². The molecule has 0 aliphatic heterocycles. The van der Waals surface area contributed by atoms with Crippen molar-refractivity contribution in [3.05, 3.63) is 15.6 Å². The van der Waals surface area contributed by atoms with Gasteiger partial charge in [0.15, 0.2) is 0 Å². The molecule has 4 saturated carbocycles. The van der Waals surface area contributed by atoms with Crippen LogP contribution in [0.3, 0.4) is 0 Å². The van der Waals surface area contributed by atoms with Gasteiger partial charge in [-0.1, -0.05) is 0 Å². The normalized spacial score (nSPS) is 38.9. The predicted molar refractivity (Wildman–Crippen MR) is 88.7 cm³/mol. The van der Waals surface area contributed by atoms with E-state index in [0.717, 1.165) is 24.2 Å². The van der Waals surface area contributed by atoms with E-state index < -0.39 is 0 Å². The summed E-state index contributed by atoms with van der Waals surface area (Å²) in [7, 11) is 2.18. The van der Waals surface area contributed by atoms with Gasteiger partial charge in [-0.25, -0.2) is 4.98 Å². The summed E-state index contributed by atoms with van der Waals surface area (Å²) in [5, 5.41) is 5.05. The van der Waals surface area contributed by atoms with Gasteiger partial charge in [0, 0.05) is 17.3 Å². The molecule has 0 amide bonds. The van der Waals surface area contributed by atoms with E-state index in [-0.39, 0.29) is 0 Å². The van der Waals surface area contributed by atoms with Crippen LogP contribution in [0.5, 0.6) is 0 Å². The quantitative estimate of drug-likeness (QED) is 0.905. The van der Waals surface area contributed by atoms with E-state index in [0.29, 0.717) is 11.5 Å². The van der Waals surface area contributed by atoms with Crippen LogP contribution in [0.4, 0.5) is 0 Å². The van der Waals surface area contributed by atoms with E-state index in [2.05, 4.69) is 26.2 Å². The van der Waals surface area contributed by atoms with Crippen LogP contribution in [0.15, 0.2) is 0 Å². The molecule has 1 aromatic rings. The Morgan fingerprint density at radius 2 is 1.71 bits per heavy atom. The van der Waals surface area contributed by atoms with Crippen molar-refractivity contribution in [1.82, 2.24) is 10.3 Å². The third-order valence-corrected chi connectivity index (χ3v) is 7.72. The minimum Gasteiger partial charge on any atom is -0.316 e. The zero-order chi connectivity index (χ0) is 14.6. The smallest absolute Gasteiger partial charge is 0.0946 e. The number of likely N-dealkylation sites (N-methyl/N-ethyl adjacent to an activating group) is 1. The molecule has 0 radical (unpaired) electrons. The van der Waals surface area contributed by atoms with Crippen LogP contribution in [0, 0.1) is 37.0 Å². The van der Waals surface area contributed by atoms with E-state index >= 15 is 0 Å². The molecule has 5 rings (SSSR count). The Kier molecular flexibility index (Phi) is 3.42. The highest BCUT2D eigenvalue weighted by molar-refractivity contribution is 7.11. The van der Waals surface area contributed by atoms with Crippen molar-refractivity contribution in [2.45, 2.75) is 64.8 Å². The first-order chi connectivity index (χ1) is 10.1. The molecular weight excluding hydrogens is 276 g/mol. The van der Waals surface area contributed by atoms with Gasteiger partial charge < -0.3 is 5.32 Å². The topological polar surface area (TPSA) is 24.9 Å². The second-order valence-electron chi connectivity index (χ2n) is 8.07. The fraction of sp³-hybridized carbons (Fsp3) is 0.833. The first kappa shape index (κ1) is 14.2. The minimum atomic E-state index is 0.580. The highest BCUT2D eigenvalue weighted by Crippen LogP contribution is 2.61. The van der Waals surface area contributed by atoms with Crippen molar-refractivity contribution in [2.75, 3.05) is 7.05 Å². The lowest BCUT2D eigenvalue weighted by Gasteiger charge is -2.59. The number of aromatic nitrogens is 1. The molecule has 0 spiro atoms. The van der Waals surface area contributed by atoms with Gasteiger partial charge in [-0.05, 0) is 82.6 Å². The predicted octanol–water partition coefficient (Wildman–Crippen LogP) is 4.11. The Morgan fingerprint density at radius 1 is 1.14 bits per heavy atom. The van der Waals surface area contributed by atoms with E-state index in [4.69, 9.17) is 4.98 Å². The number of aryl methyl sites for hydroxylation is 2. The average Bonchev–Trinajstić information content (AvgIpc) is 2.73. The van der Waals surface area contributed by atoms with Crippen molar-refractivity contribution in [3.63, 3.8) is 0 Å².